The van der Waals surface area contributed by atoms with Crippen LogP contribution in [0, 0.1) is 11.8 Å². The Kier molecular flexibility index (Phi) is 6.92. The van der Waals surface area contributed by atoms with Crippen LogP contribution in [0.2, 0.25) is 0 Å². The molecule has 2 N–H and O–H groups in total. The summed E-state index contributed by atoms with van der Waals surface area (Å²) in [6, 6.07) is 3.41. The van der Waals surface area contributed by atoms with Gasteiger partial charge in [0.1, 0.15) is 5.69 Å². The van der Waals surface area contributed by atoms with Crippen LogP contribution in [0.15, 0.2) is 18.3 Å². The Morgan fingerprint density at radius 3 is 2.90 bits per heavy atom. The molecular weight excluding hydrogens is 270 g/mol. The zero-order valence-corrected chi connectivity index (χ0v) is 12.3. The minimum absolute atomic E-state index is 0.146. The quantitative estimate of drug-likeness (QED) is 0.627. The molecule has 6 nitrogen and oxygen atoms in total. The number of carbonyl (C=O) groups is 2. The summed E-state index contributed by atoms with van der Waals surface area (Å²) in [7, 11) is 1.61. The maximum Gasteiger partial charge on any atom is 0.307 e. The van der Waals surface area contributed by atoms with E-state index in [0.29, 0.717) is 12.2 Å². The van der Waals surface area contributed by atoms with Gasteiger partial charge in [-0.2, -0.15) is 0 Å². The van der Waals surface area contributed by atoms with E-state index in [1.165, 1.54) is 11.1 Å². The van der Waals surface area contributed by atoms with Gasteiger partial charge >= 0.3 is 5.97 Å². The van der Waals surface area contributed by atoms with Crippen LogP contribution in [0.1, 0.15) is 29.4 Å². The molecule has 0 aliphatic carbocycles. The molecule has 1 aromatic heterocycles. The van der Waals surface area contributed by atoms with Crippen molar-refractivity contribution in [3.8, 4) is 11.8 Å². The SMILES string of the molecule is CCOC(=O)CCN(C)C(=O)c1ncccc1C#CCN. The number of esters is 1. The third kappa shape index (κ3) is 5.24. The smallest absolute Gasteiger partial charge is 0.307 e. The number of hydrogen-bond donors (Lipinski definition) is 1. The Bertz CT molecular complexity index is 561. The number of aromatic nitrogens is 1. The lowest BCUT2D eigenvalue weighted by Crippen LogP contribution is -2.30. The van der Waals surface area contributed by atoms with Crippen LogP contribution < -0.4 is 5.73 Å². The molecule has 1 amide bonds. The number of ether oxygens (including phenoxy) is 1. The average molecular weight is 289 g/mol. The lowest BCUT2D eigenvalue weighted by Gasteiger charge is -2.16. The average Bonchev–Trinajstić information content (AvgIpc) is 2.50. The Balaban J connectivity index is 2.76. The second kappa shape index (κ2) is 8.72. The fourth-order valence-corrected chi connectivity index (χ4v) is 1.60. The predicted octanol–water partition coefficient (Wildman–Crippen LogP) is 0.417. The molecule has 0 spiro atoms. The summed E-state index contributed by atoms with van der Waals surface area (Å²) in [6.45, 7) is 2.54. The van der Waals surface area contributed by atoms with E-state index in [1.807, 2.05) is 0 Å². The van der Waals surface area contributed by atoms with Gasteiger partial charge in [-0.3, -0.25) is 9.59 Å². The van der Waals surface area contributed by atoms with E-state index < -0.39 is 0 Å². The molecule has 0 aromatic carbocycles. The van der Waals surface area contributed by atoms with Gasteiger partial charge in [-0.15, -0.1) is 0 Å². The molecular formula is C15H19N3O3. The Labute approximate surface area is 124 Å². The molecule has 21 heavy (non-hydrogen) atoms. The van der Waals surface area contributed by atoms with Crippen molar-refractivity contribution in [3.05, 3.63) is 29.6 Å². The van der Waals surface area contributed by atoms with Crippen LogP contribution in [-0.4, -0.2) is 48.5 Å². The summed E-state index contributed by atoms with van der Waals surface area (Å²) in [5, 5.41) is 0. The highest BCUT2D eigenvalue weighted by molar-refractivity contribution is 5.94. The molecule has 1 heterocycles. The third-order valence-corrected chi connectivity index (χ3v) is 2.64. The standard InChI is InChI=1S/C15H19N3O3/c1-3-21-13(19)8-11-18(2)15(20)14-12(6-4-9-16)7-5-10-17-14/h5,7,10H,3,8-9,11,16H2,1-2H3. The minimum Gasteiger partial charge on any atom is -0.466 e. The van der Waals surface area contributed by atoms with E-state index >= 15 is 0 Å². The number of amides is 1. The van der Waals surface area contributed by atoms with E-state index in [9.17, 15) is 9.59 Å². The van der Waals surface area contributed by atoms with Gasteiger partial charge in [-0.1, -0.05) is 11.8 Å². The van der Waals surface area contributed by atoms with Crippen LogP contribution in [-0.2, 0) is 9.53 Å². The van der Waals surface area contributed by atoms with E-state index in [-0.39, 0.29) is 37.1 Å². The predicted molar refractivity (Wildman–Crippen MR) is 78.4 cm³/mol. The van der Waals surface area contributed by atoms with Gasteiger partial charge in [0, 0.05) is 19.8 Å². The highest BCUT2D eigenvalue weighted by atomic mass is 16.5. The van der Waals surface area contributed by atoms with Gasteiger partial charge in [0.15, 0.2) is 0 Å². The zero-order chi connectivity index (χ0) is 15.7. The molecule has 0 atom stereocenters. The van der Waals surface area contributed by atoms with Crippen LogP contribution in [0.3, 0.4) is 0 Å². The van der Waals surface area contributed by atoms with E-state index in [0.717, 1.165) is 0 Å². The summed E-state index contributed by atoms with van der Waals surface area (Å²) >= 11 is 0. The zero-order valence-electron chi connectivity index (χ0n) is 12.3. The summed E-state index contributed by atoms with van der Waals surface area (Å²) in [6.07, 6.45) is 1.67. The van der Waals surface area contributed by atoms with Crippen molar-refractivity contribution in [2.75, 3.05) is 26.7 Å². The summed E-state index contributed by atoms with van der Waals surface area (Å²) < 4.78 is 4.83. The van der Waals surface area contributed by atoms with Gasteiger partial charge in [-0.25, -0.2) is 4.98 Å². The lowest BCUT2D eigenvalue weighted by atomic mass is 10.1. The Hall–Kier alpha value is -2.39. The van der Waals surface area contributed by atoms with E-state index in [2.05, 4.69) is 16.8 Å². The van der Waals surface area contributed by atoms with Gasteiger partial charge in [0.05, 0.1) is 25.1 Å². The number of nitrogens with zero attached hydrogens (tertiary/aromatic N) is 2. The number of carbonyl (C=O) groups excluding carboxylic acids is 2. The Morgan fingerprint density at radius 1 is 1.48 bits per heavy atom. The molecule has 0 aliphatic rings. The minimum atomic E-state index is -0.332. The highest BCUT2D eigenvalue weighted by Gasteiger charge is 2.17. The van der Waals surface area contributed by atoms with Crippen molar-refractivity contribution >= 4 is 11.9 Å². The van der Waals surface area contributed by atoms with Crippen molar-refractivity contribution in [3.63, 3.8) is 0 Å². The van der Waals surface area contributed by atoms with Crippen LogP contribution in [0.5, 0.6) is 0 Å². The fraction of sp³-hybridized carbons (Fsp3) is 0.400. The van der Waals surface area contributed by atoms with E-state index in [4.69, 9.17) is 10.5 Å². The maximum absolute atomic E-state index is 12.3. The second-order valence-corrected chi connectivity index (χ2v) is 4.19. The van der Waals surface area contributed by atoms with Gasteiger partial charge < -0.3 is 15.4 Å². The molecule has 0 saturated heterocycles. The van der Waals surface area contributed by atoms with Crippen molar-refractivity contribution in [1.29, 1.82) is 0 Å². The number of rotatable bonds is 5. The summed E-state index contributed by atoms with van der Waals surface area (Å²) in [5.41, 5.74) is 6.11. The summed E-state index contributed by atoms with van der Waals surface area (Å²) in [5.74, 6) is 4.89. The van der Waals surface area contributed by atoms with Gasteiger partial charge in [0.25, 0.3) is 5.91 Å². The van der Waals surface area contributed by atoms with Crippen LogP contribution >= 0.6 is 0 Å². The summed E-state index contributed by atoms with van der Waals surface area (Å²) in [4.78, 5) is 29.1. The third-order valence-electron chi connectivity index (χ3n) is 2.64. The monoisotopic (exact) mass is 289 g/mol. The first-order valence-electron chi connectivity index (χ1n) is 6.65. The molecule has 0 saturated carbocycles. The second-order valence-electron chi connectivity index (χ2n) is 4.19. The molecule has 0 unspecified atom stereocenters. The molecule has 0 fully saturated rings. The molecule has 0 radical (unpaired) electrons. The lowest BCUT2D eigenvalue weighted by molar-refractivity contribution is -0.143. The Morgan fingerprint density at radius 2 is 2.24 bits per heavy atom. The molecule has 0 aliphatic heterocycles. The van der Waals surface area contributed by atoms with Crippen molar-refractivity contribution in [2.45, 2.75) is 13.3 Å². The molecule has 1 rings (SSSR count). The first-order chi connectivity index (χ1) is 10.1. The van der Waals surface area contributed by atoms with Crippen molar-refractivity contribution < 1.29 is 14.3 Å². The maximum atomic E-state index is 12.3. The van der Waals surface area contributed by atoms with Crippen LogP contribution in [0.4, 0.5) is 0 Å². The first kappa shape index (κ1) is 16.7. The number of hydrogen-bond acceptors (Lipinski definition) is 5. The molecule has 6 heteroatoms. The largest absolute Gasteiger partial charge is 0.466 e. The normalized spacial score (nSPS) is 9.48. The van der Waals surface area contributed by atoms with Crippen molar-refractivity contribution in [2.24, 2.45) is 5.73 Å². The van der Waals surface area contributed by atoms with E-state index in [1.54, 1.807) is 26.1 Å². The van der Waals surface area contributed by atoms with Gasteiger partial charge in [-0.05, 0) is 19.1 Å². The fourth-order valence-electron chi connectivity index (χ4n) is 1.60. The number of nitrogens with two attached hydrogens (primary N) is 1. The molecule has 1 aromatic rings. The highest BCUT2D eigenvalue weighted by Crippen LogP contribution is 2.07. The van der Waals surface area contributed by atoms with Crippen LogP contribution in [0.25, 0.3) is 0 Å². The molecule has 112 valence electrons. The van der Waals surface area contributed by atoms with Gasteiger partial charge in [0.2, 0.25) is 0 Å². The number of pyridine rings is 1. The van der Waals surface area contributed by atoms with Crippen molar-refractivity contribution in [1.82, 2.24) is 9.88 Å². The topological polar surface area (TPSA) is 85.5 Å². The molecule has 0 bridgehead atoms. The first-order valence-corrected chi connectivity index (χ1v) is 6.65.